The van der Waals surface area contributed by atoms with Gasteiger partial charge in [0.25, 0.3) is 16.1 Å². The minimum absolute atomic E-state index is 0.388. The highest BCUT2D eigenvalue weighted by molar-refractivity contribution is 7.86. The monoisotopic (exact) mass is 350 g/mol. The Morgan fingerprint density at radius 3 is 2.62 bits per heavy atom. The average Bonchev–Trinajstić information content (AvgIpc) is 2.93. The maximum absolute atomic E-state index is 12.7. The molecule has 1 aliphatic rings. The molecular weight excluding hydrogens is 328 g/mol. The minimum Gasteiger partial charge on any atom is -0.334 e. The summed E-state index contributed by atoms with van der Waals surface area (Å²) in [5.41, 5.74) is 0.826. The summed E-state index contributed by atoms with van der Waals surface area (Å²) in [5.74, 6) is 0.846. The molecule has 1 aliphatic heterocycles. The molecule has 1 aromatic carbocycles. The smallest absolute Gasteiger partial charge is 0.282 e. The van der Waals surface area contributed by atoms with Gasteiger partial charge in [-0.1, -0.05) is 36.2 Å². The summed E-state index contributed by atoms with van der Waals surface area (Å²) >= 11 is 0. The zero-order valence-electron chi connectivity index (χ0n) is 13.9. The molecule has 1 aromatic heterocycles. The van der Waals surface area contributed by atoms with Gasteiger partial charge in [0.2, 0.25) is 0 Å². The molecule has 130 valence electrons. The molecule has 1 fully saturated rings. The van der Waals surface area contributed by atoms with Gasteiger partial charge in [-0.15, -0.1) is 0 Å². The molecule has 7 nitrogen and oxygen atoms in total. The Labute approximate surface area is 142 Å². The highest BCUT2D eigenvalue weighted by Crippen LogP contribution is 2.32. The molecule has 0 saturated carbocycles. The summed E-state index contributed by atoms with van der Waals surface area (Å²) in [5, 5.41) is 4.07. The summed E-state index contributed by atoms with van der Waals surface area (Å²) in [6, 6.07) is 9.09. The molecule has 0 aliphatic carbocycles. The number of aromatic nitrogens is 2. The van der Waals surface area contributed by atoms with Crippen molar-refractivity contribution in [1.82, 2.24) is 18.8 Å². The minimum atomic E-state index is -3.53. The highest BCUT2D eigenvalue weighted by Gasteiger charge is 2.36. The molecule has 0 N–H and O–H groups in total. The number of hydrogen-bond acceptors (Lipinski definition) is 5. The van der Waals surface area contributed by atoms with Crippen molar-refractivity contribution in [2.45, 2.75) is 31.7 Å². The summed E-state index contributed by atoms with van der Waals surface area (Å²) < 4.78 is 33.4. The van der Waals surface area contributed by atoms with Gasteiger partial charge < -0.3 is 4.52 Å². The van der Waals surface area contributed by atoms with E-state index in [9.17, 15) is 8.42 Å². The summed E-state index contributed by atoms with van der Waals surface area (Å²) in [6.07, 6.45) is 3.48. The van der Waals surface area contributed by atoms with Crippen LogP contribution in [0.3, 0.4) is 0 Å². The summed E-state index contributed by atoms with van der Waals surface area (Å²) in [6.45, 7) is 0.473. The van der Waals surface area contributed by atoms with Gasteiger partial charge in [0.15, 0.2) is 5.82 Å². The van der Waals surface area contributed by atoms with Crippen molar-refractivity contribution in [2.24, 2.45) is 0 Å². The van der Waals surface area contributed by atoms with Gasteiger partial charge in [-0.2, -0.15) is 22.0 Å². The Morgan fingerprint density at radius 1 is 1.17 bits per heavy atom. The Balaban J connectivity index is 1.94. The van der Waals surface area contributed by atoms with Gasteiger partial charge in [-0.3, -0.25) is 0 Å². The third-order valence-electron chi connectivity index (χ3n) is 4.22. The molecule has 1 atom stereocenters. The fraction of sp³-hybridized carbons (Fsp3) is 0.500. The molecule has 2 aromatic rings. The van der Waals surface area contributed by atoms with Crippen LogP contribution in [0.15, 0.2) is 34.9 Å². The highest BCUT2D eigenvalue weighted by atomic mass is 32.2. The normalized spacial score (nSPS) is 20.2. The van der Waals surface area contributed by atoms with E-state index in [-0.39, 0.29) is 6.04 Å². The second-order valence-corrected chi connectivity index (χ2v) is 8.18. The first-order valence-corrected chi connectivity index (χ1v) is 9.48. The summed E-state index contributed by atoms with van der Waals surface area (Å²) in [7, 11) is -0.442. The Bertz CT molecular complexity index is 774. The van der Waals surface area contributed by atoms with E-state index in [1.165, 1.54) is 8.61 Å². The number of nitrogens with zero attached hydrogens (tertiary/aromatic N) is 4. The zero-order chi connectivity index (χ0) is 17.2. The zero-order valence-corrected chi connectivity index (χ0v) is 14.7. The predicted octanol–water partition coefficient (Wildman–Crippen LogP) is 2.46. The maximum Gasteiger partial charge on any atom is 0.282 e. The first-order valence-electron chi connectivity index (χ1n) is 8.08. The van der Waals surface area contributed by atoms with E-state index < -0.39 is 10.2 Å². The third kappa shape index (κ3) is 3.35. The number of hydrogen-bond donors (Lipinski definition) is 0. The second-order valence-electron chi connectivity index (χ2n) is 6.09. The van der Waals surface area contributed by atoms with Crippen LogP contribution in [0.5, 0.6) is 0 Å². The van der Waals surface area contributed by atoms with E-state index in [1.807, 2.05) is 30.3 Å². The van der Waals surface area contributed by atoms with Crippen LogP contribution < -0.4 is 0 Å². The second kappa shape index (κ2) is 7.00. The first-order chi connectivity index (χ1) is 11.5. The first kappa shape index (κ1) is 17.1. The molecule has 0 bridgehead atoms. The van der Waals surface area contributed by atoms with Crippen LogP contribution in [0.1, 0.15) is 37.5 Å². The van der Waals surface area contributed by atoms with Crippen molar-refractivity contribution < 1.29 is 12.9 Å². The van der Waals surface area contributed by atoms with Crippen molar-refractivity contribution in [3.05, 3.63) is 36.2 Å². The SMILES string of the molecule is CN(C)S(=O)(=O)N1CCCCC[C@@H]1c1noc(-c2ccccc2)n1. The van der Waals surface area contributed by atoms with Gasteiger partial charge in [-0.05, 0) is 25.0 Å². The van der Waals surface area contributed by atoms with Gasteiger partial charge in [0, 0.05) is 26.2 Å². The van der Waals surface area contributed by atoms with Gasteiger partial charge in [-0.25, -0.2) is 0 Å². The fourth-order valence-corrected chi connectivity index (χ4v) is 4.19. The molecule has 0 unspecified atom stereocenters. The van der Waals surface area contributed by atoms with E-state index in [2.05, 4.69) is 10.1 Å². The number of benzene rings is 1. The van der Waals surface area contributed by atoms with Crippen LogP contribution in [-0.4, -0.2) is 47.8 Å². The van der Waals surface area contributed by atoms with Crippen molar-refractivity contribution in [2.75, 3.05) is 20.6 Å². The predicted molar refractivity (Wildman–Crippen MR) is 90.3 cm³/mol. The van der Waals surface area contributed by atoms with Gasteiger partial charge in [0.05, 0.1) is 6.04 Å². The topological polar surface area (TPSA) is 79.5 Å². The quantitative estimate of drug-likeness (QED) is 0.846. The van der Waals surface area contributed by atoms with Crippen molar-refractivity contribution in [3.63, 3.8) is 0 Å². The average molecular weight is 350 g/mol. The van der Waals surface area contributed by atoms with Crippen molar-refractivity contribution in [1.29, 1.82) is 0 Å². The largest absolute Gasteiger partial charge is 0.334 e. The Morgan fingerprint density at radius 2 is 1.92 bits per heavy atom. The number of rotatable bonds is 4. The Hall–Kier alpha value is -1.77. The third-order valence-corrected chi connectivity index (χ3v) is 6.17. The molecular formula is C16H22N4O3S. The fourth-order valence-electron chi connectivity index (χ4n) is 2.89. The molecule has 0 amide bonds. The van der Waals surface area contributed by atoms with E-state index in [0.717, 1.165) is 24.8 Å². The molecule has 3 rings (SSSR count). The Kier molecular flexibility index (Phi) is 4.98. The van der Waals surface area contributed by atoms with E-state index in [1.54, 1.807) is 14.1 Å². The maximum atomic E-state index is 12.7. The molecule has 0 spiro atoms. The lowest BCUT2D eigenvalue weighted by molar-refractivity contribution is 0.288. The van der Waals surface area contributed by atoms with Crippen LogP contribution in [0, 0.1) is 0 Å². The molecule has 8 heteroatoms. The van der Waals surface area contributed by atoms with Crippen LogP contribution >= 0.6 is 0 Å². The van der Waals surface area contributed by atoms with Crippen molar-refractivity contribution >= 4 is 10.2 Å². The van der Waals surface area contributed by atoms with Gasteiger partial charge in [0.1, 0.15) is 0 Å². The van der Waals surface area contributed by atoms with Crippen LogP contribution in [0.2, 0.25) is 0 Å². The molecule has 2 heterocycles. The van der Waals surface area contributed by atoms with Crippen molar-refractivity contribution in [3.8, 4) is 11.5 Å². The lowest BCUT2D eigenvalue weighted by Gasteiger charge is -2.29. The lowest BCUT2D eigenvalue weighted by atomic mass is 10.1. The molecule has 0 radical (unpaired) electrons. The van der Waals surface area contributed by atoms with Crippen LogP contribution in [-0.2, 0) is 10.2 Å². The molecule has 1 saturated heterocycles. The van der Waals surface area contributed by atoms with Crippen LogP contribution in [0.25, 0.3) is 11.5 Å². The van der Waals surface area contributed by atoms with E-state index in [0.29, 0.717) is 24.7 Å². The van der Waals surface area contributed by atoms with Crippen LogP contribution in [0.4, 0.5) is 0 Å². The van der Waals surface area contributed by atoms with Gasteiger partial charge >= 0.3 is 0 Å². The standard InChI is InChI=1S/C16H22N4O3S/c1-19(2)24(21,22)20-12-8-4-7-11-14(20)15-17-16(23-18-15)13-9-5-3-6-10-13/h3,5-6,9-10,14H,4,7-8,11-12H2,1-2H3/t14-/m1/s1. The molecule has 24 heavy (non-hydrogen) atoms. The van der Waals surface area contributed by atoms with E-state index in [4.69, 9.17) is 4.52 Å². The van der Waals surface area contributed by atoms with E-state index >= 15 is 0 Å². The lowest BCUT2D eigenvalue weighted by Crippen LogP contribution is -2.42. The summed E-state index contributed by atoms with van der Waals surface area (Å²) in [4.78, 5) is 4.47.